The van der Waals surface area contributed by atoms with Crippen LogP contribution >= 0.6 is 0 Å². The molecule has 0 aliphatic carbocycles. The van der Waals surface area contributed by atoms with Crippen LogP contribution in [0.5, 0.6) is 0 Å². The highest BCUT2D eigenvalue weighted by atomic mass is 16.5. The Labute approximate surface area is 115 Å². The number of nitrogens with one attached hydrogen (secondary N) is 1. The Hall–Kier alpha value is -1.26. The second-order valence-electron chi connectivity index (χ2n) is 5.41. The van der Waals surface area contributed by atoms with E-state index in [0.717, 1.165) is 32.8 Å². The summed E-state index contributed by atoms with van der Waals surface area (Å²) < 4.78 is 5.41. The predicted octanol–water partition coefficient (Wildman–Crippen LogP) is 1.92. The molecule has 0 bridgehead atoms. The highest BCUT2D eigenvalue weighted by Gasteiger charge is 2.15. The molecule has 1 fully saturated rings. The second-order valence-corrected chi connectivity index (χ2v) is 5.41. The number of ether oxygens (including phenoxy) is 1. The van der Waals surface area contributed by atoms with Gasteiger partial charge in [0.15, 0.2) is 0 Å². The summed E-state index contributed by atoms with van der Waals surface area (Å²) in [5.74, 6) is 0.489. The first-order valence-corrected chi connectivity index (χ1v) is 7.09. The third-order valence-electron chi connectivity index (χ3n) is 3.64. The van der Waals surface area contributed by atoms with Crippen molar-refractivity contribution < 1.29 is 4.74 Å². The normalized spacial score (nSPS) is 17.6. The van der Waals surface area contributed by atoms with E-state index in [1.165, 1.54) is 11.4 Å². The Kier molecular flexibility index (Phi) is 5.05. The topological polar surface area (TPSA) is 50.5 Å². The van der Waals surface area contributed by atoms with E-state index in [-0.39, 0.29) is 6.04 Å². The maximum atomic E-state index is 6.10. The second kappa shape index (κ2) is 6.78. The van der Waals surface area contributed by atoms with Gasteiger partial charge in [-0.2, -0.15) is 0 Å². The molecule has 106 valence electrons. The molecule has 2 rings (SSSR count). The summed E-state index contributed by atoms with van der Waals surface area (Å²) >= 11 is 0. The molecule has 1 aliphatic rings. The molecule has 19 heavy (non-hydrogen) atoms. The number of benzene rings is 1. The van der Waals surface area contributed by atoms with Crippen LogP contribution in [-0.4, -0.2) is 38.9 Å². The molecular weight excluding hydrogens is 238 g/mol. The van der Waals surface area contributed by atoms with Gasteiger partial charge in [-0.3, -0.25) is 0 Å². The first-order valence-electron chi connectivity index (χ1n) is 7.09. The van der Waals surface area contributed by atoms with Crippen LogP contribution in [0.1, 0.15) is 13.8 Å². The Balaban J connectivity index is 2.03. The van der Waals surface area contributed by atoms with Gasteiger partial charge in [0.1, 0.15) is 0 Å². The molecule has 1 heterocycles. The lowest BCUT2D eigenvalue weighted by molar-refractivity contribution is 0.123. The molecule has 4 nitrogen and oxygen atoms in total. The van der Waals surface area contributed by atoms with Gasteiger partial charge in [0.05, 0.1) is 24.6 Å². The summed E-state index contributed by atoms with van der Waals surface area (Å²) in [4.78, 5) is 2.37. The fourth-order valence-electron chi connectivity index (χ4n) is 2.17. The van der Waals surface area contributed by atoms with Crippen molar-refractivity contribution in [1.82, 2.24) is 0 Å². The highest BCUT2D eigenvalue weighted by molar-refractivity contribution is 5.70. The molecule has 1 aliphatic heterocycles. The molecule has 1 atom stereocenters. The summed E-state index contributed by atoms with van der Waals surface area (Å²) in [5.41, 5.74) is 8.52. The van der Waals surface area contributed by atoms with E-state index >= 15 is 0 Å². The van der Waals surface area contributed by atoms with Crippen LogP contribution in [0.4, 0.5) is 11.4 Å². The standard InChI is InChI=1S/C15H25N3O/c1-12(2)13(16)11-17-14-5-3-4-6-15(14)18-7-9-19-10-8-18/h3-6,12-13,17H,7-11,16H2,1-2H3. The van der Waals surface area contributed by atoms with Crippen molar-refractivity contribution in [3.05, 3.63) is 24.3 Å². The number of anilines is 2. The predicted molar refractivity (Wildman–Crippen MR) is 80.8 cm³/mol. The third kappa shape index (κ3) is 3.85. The lowest BCUT2D eigenvalue weighted by Crippen LogP contribution is -2.37. The van der Waals surface area contributed by atoms with E-state index in [0.29, 0.717) is 5.92 Å². The average Bonchev–Trinajstić information content (AvgIpc) is 2.46. The van der Waals surface area contributed by atoms with Crippen molar-refractivity contribution in [2.24, 2.45) is 11.7 Å². The van der Waals surface area contributed by atoms with Crippen molar-refractivity contribution in [1.29, 1.82) is 0 Å². The van der Waals surface area contributed by atoms with E-state index in [1.807, 2.05) is 0 Å². The third-order valence-corrected chi connectivity index (χ3v) is 3.64. The smallest absolute Gasteiger partial charge is 0.0642 e. The Morgan fingerprint density at radius 2 is 1.95 bits per heavy atom. The lowest BCUT2D eigenvalue weighted by Gasteiger charge is -2.31. The Morgan fingerprint density at radius 1 is 1.26 bits per heavy atom. The Morgan fingerprint density at radius 3 is 2.63 bits per heavy atom. The molecule has 4 heteroatoms. The first kappa shape index (κ1) is 14.2. The van der Waals surface area contributed by atoms with Gasteiger partial charge in [-0.1, -0.05) is 26.0 Å². The minimum absolute atomic E-state index is 0.178. The van der Waals surface area contributed by atoms with Gasteiger partial charge in [-0.05, 0) is 18.1 Å². The molecule has 3 N–H and O–H groups in total. The minimum atomic E-state index is 0.178. The molecule has 1 saturated heterocycles. The van der Waals surface area contributed by atoms with Crippen molar-refractivity contribution in [3.8, 4) is 0 Å². The van der Waals surface area contributed by atoms with Crippen LogP contribution in [0.2, 0.25) is 0 Å². The highest BCUT2D eigenvalue weighted by Crippen LogP contribution is 2.26. The summed E-state index contributed by atoms with van der Waals surface area (Å²) in [7, 11) is 0. The maximum absolute atomic E-state index is 6.10. The first-order chi connectivity index (χ1) is 9.18. The molecular formula is C15H25N3O. The zero-order chi connectivity index (χ0) is 13.7. The van der Waals surface area contributed by atoms with Gasteiger partial charge in [0.25, 0.3) is 0 Å². The summed E-state index contributed by atoms with van der Waals surface area (Å²) in [6.07, 6.45) is 0. The fraction of sp³-hybridized carbons (Fsp3) is 0.600. The van der Waals surface area contributed by atoms with Crippen molar-refractivity contribution in [3.63, 3.8) is 0 Å². The fourth-order valence-corrected chi connectivity index (χ4v) is 2.17. The van der Waals surface area contributed by atoms with E-state index < -0.39 is 0 Å². The molecule has 1 unspecified atom stereocenters. The number of morpholine rings is 1. The molecule has 0 saturated carbocycles. The molecule has 0 amide bonds. The van der Waals surface area contributed by atoms with Crippen LogP contribution in [0.25, 0.3) is 0 Å². The minimum Gasteiger partial charge on any atom is -0.382 e. The van der Waals surface area contributed by atoms with Gasteiger partial charge in [0.2, 0.25) is 0 Å². The summed E-state index contributed by atoms with van der Waals surface area (Å²) in [6, 6.07) is 8.61. The largest absolute Gasteiger partial charge is 0.382 e. The molecule has 1 aromatic carbocycles. The number of hydrogen-bond donors (Lipinski definition) is 2. The van der Waals surface area contributed by atoms with E-state index in [1.54, 1.807) is 0 Å². The van der Waals surface area contributed by atoms with Crippen LogP contribution in [-0.2, 0) is 4.74 Å². The zero-order valence-corrected chi connectivity index (χ0v) is 11.9. The SMILES string of the molecule is CC(C)C(N)CNc1ccccc1N1CCOCC1. The molecule has 0 aromatic heterocycles. The van der Waals surface area contributed by atoms with Crippen LogP contribution in [0.3, 0.4) is 0 Å². The Bertz CT molecular complexity index is 389. The van der Waals surface area contributed by atoms with E-state index in [2.05, 4.69) is 48.3 Å². The maximum Gasteiger partial charge on any atom is 0.0642 e. The number of hydrogen-bond acceptors (Lipinski definition) is 4. The summed E-state index contributed by atoms with van der Waals surface area (Å²) in [5, 5.41) is 3.48. The van der Waals surface area contributed by atoms with Crippen molar-refractivity contribution >= 4 is 11.4 Å². The summed E-state index contributed by atoms with van der Waals surface area (Å²) in [6.45, 7) is 8.63. The van der Waals surface area contributed by atoms with Crippen LogP contribution in [0, 0.1) is 5.92 Å². The van der Waals surface area contributed by atoms with Gasteiger partial charge in [0, 0.05) is 25.7 Å². The number of rotatable bonds is 5. The van der Waals surface area contributed by atoms with Crippen LogP contribution < -0.4 is 16.0 Å². The quantitative estimate of drug-likeness (QED) is 0.852. The van der Waals surface area contributed by atoms with Gasteiger partial charge >= 0.3 is 0 Å². The van der Waals surface area contributed by atoms with E-state index in [4.69, 9.17) is 10.5 Å². The average molecular weight is 263 g/mol. The molecule has 0 radical (unpaired) electrons. The van der Waals surface area contributed by atoms with Gasteiger partial charge in [-0.15, -0.1) is 0 Å². The lowest BCUT2D eigenvalue weighted by atomic mass is 10.1. The van der Waals surface area contributed by atoms with Gasteiger partial charge in [-0.25, -0.2) is 0 Å². The van der Waals surface area contributed by atoms with Crippen molar-refractivity contribution in [2.45, 2.75) is 19.9 Å². The van der Waals surface area contributed by atoms with Crippen LogP contribution in [0.15, 0.2) is 24.3 Å². The zero-order valence-electron chi connectivity index (χ0n) is 11.9. The van der Waals surface area contributed by atoms with E-state index in [9.17, 15) is 0 Å². The number of para-hydroxylation sites is 2. The number of nitrogens with two attached hydrogens (primary N) is 1. The molecule has 0 spiro atoms. The molecule has 1 aromatic rings. The van der Waals surface area contributed by atoms with Gasteiger partial charge < -0.3 is 20.7 Å². The number of nitrogens with zero attached hydrogens (tertiary/aromatic N) is 1. The van der Waals surface area contributed by atoms with Crippen molar-refractivity contribution in [2.75, 3.05) is 43.1 Å². The monoisotopic (exact) mass is 263 g/mol.